The highest BCUT2D eigenvalue weighted by Crippen LogP contribution is 2.51. The van der Waals surface area contributed by atoms with Crippen molar-refractivity contribution in [2.75, 3.05) is 6.79 Å². The lowest BCUT2D eigenvalue weighted by Gasteiger charge is -2.15. The second kappa shape index (κ2) is 7.16. The first-order valence-corrected chi connectivity index (χ1v) is 9.98. The molecule has 1 fully saturated rings. The van der Waals surface area contributed by atoms with Gasteiger partial charge >= 0.3 is 0 Å². The summed E-state index contributed by atoms with van der Waals surface area (Å²) in [6.07, 6.45) is 5.93. The predicted molar refractivity (Wildman–Crippen MR) is 108 cm³/mol. The lowest BCUT2D eigenvalue weighted by atomic mass is 9.89. The van der Waals surface area contributed by atoms with Crippen molar-refractivity contribution in [2.45, 2.75) is 31.1 Å². The first-order chi connectivity index (χ1) is 14.1. The molecule has 0 spiro atoms. The van der Waals surface area contributed by atoms with Gasteiger partial charge in [-0.25, -0.2) is 0 Å². The van der Waals surface area contributed by atoms with Crippen molar-refractivity contribution in [1.29, 1.82) is 0 Å². The largest absolute Gasteiger partial charge is 0.454 e. The van der Waals surface area contributed by atoms with Gasteiger partial charge in [-0.3, -0.25) is 14.8 Å². The van der Waals surface area contributed by atoms with Gasteiger partial charge in [0.15, 0.2) is 11.5 Å². The van der Waals surface area contributed by atoms with E-state index in [1.165, 1.54) is 0 Å². The van der Waals surface area contributed by atoms with E-state index in [0.29, 0.717) is 22.9 Å². The number of benzene rings is 2. The number of ketones is 1. The van der Waals surface area contributed by atoms with Gasteiger partial charge in [-0.2, -0.15) is 0 Å². The lowest BCUT2D eigenvalue weighted by Crippen LogP contribution is -2.23. The molecule has 5 nitrogen and oxygen atoms in total. The third kappa shape index (κ3) is 3.47. The molecule has 146 valence electrons. The summed E-state index contributed by atoms with van der Waals surface area (Å²) in [5.41, 5.74) is 3.03. The Bertz CT molecular complexity index is 1090. The quantitative estimate of drug-likeness (QED) is 0.611. The number of aromatic nitrogens is 2. The predicted octanol–water partition coefficient (Wildman–Crippen LogP) is 4.29. The minimum absolute atomic E-state index is 0.167. The maximum Gasteiger partial charge on any atom is 0.231 e. The second-order valence-electron chi connectivity index (χ2n) is 7.52. The SMILES string of the molecule is O=C(Cc1cncc(Cc2ccccc2Cl)n1)C1(c2ccc3c(c2)OCO3)CC1. The Morgan fingerprint density at radius 1 is 1.03 bits per heavy atom. The molecule has 0 amide bonds. The number of carbonyl (C=O) groups excluding carboxylic acids is 1. The van der Waals surface area contributed by atoms with Crippen LogP contribution in [0.2, 0.25) is 5.02 Å². The zero-order valence-electron chi connectivity index (χ0n) is 15.7. The molecule has 2 aromatic carbocycles. The first-order valence-electron chi connectivity index (χ1n) is 9.61. The lowest BCUT2D eigenvalue weighted by molar-refractivity contribution is -0.120. The molecule has 0 unspecified atom stereocenters. The average molecular weight is 407 g/mol. The molecule has 1 aliphatic heterocycles. The van der Waals surface area contributed by atoms with Crippen molar-refractivity contribution in [3.05, 3.63) is 82.4 Å². The van der Waals surface area contributed by atoms with Crippen LogP contribution in [0.4, 0.5) is 0 Å². The molecule has 1 aromatic heterocycles. The summed E-state index contributed by atoms with van der Waals surface area (Å²) < 4.78 is 10.9. The summed E-state index contributed by atoms with van der Waals surface area (Å²) in [4.78, 5) is 22.1. The fourth-order valence-electron chi connectivity index (χ4n) is 3.84. The molecule has 0 atom stereocenters. The van der Waals surface area contributed by atoms with Crippen molar-refractivity contribution in [3.8, 4) is 11.5 Å². The van der Waals surface area contributed by atoms with E-state index in [1.807, 2.05) is 42.5 Å². The summed E-state index contributed by atoms with van der Waals surface area (Å²) >= 11 is 6.25. The summed E-state index contributed by atoms with van der Waals surface area (Å²) in [7, 11) is 0. The number of nitrogens with zero attached hydrogens (tertiary/aromatic N) is 2. The third-order valence-corrected chi connectivity index (χ3v) is 5.98. The van der Waals surface area contributed by atoms with Crippen LogP contribution in [-0.4, -0.2) is 22.5 Å². The molecular weight excluding hydrogens is 388 g/mol. The summed E-state index contributed by atoms with van der Waals surface area (Å²) in [6.45, 7) is 0.230. The summed E-state index contributed by atoms with van der Waals surface area (Å²) in [5.74, 6) is 1.61. The Hall–Kier alpha value is -2.92. The molecule has 2 aliphatic rings. The number of rotatable bonds is 6. The van der Waals surface area contributed by atoms with Gasteiger partial charge in [0.05, 0.1) is 23.2 Å². The Kier molecular flexibility index (Phi) is 4.47. The highest BCUT2D eigenvalue weighted by Gasteiger charge is 2.51. The number of ether oxygens (including phenoxy) is 2. The molecule has 1 saturated carbocycles. The monoisotopic (exact) mass is 406 g/mol. The zero-order valence-corrected chi connectivity index (χ0v) is 16.5. The van der Waals surface area contributed by atoms with Crippen LogP contribution in [0, 0.1) is 0 Å². The topological polar surface area (TPSA) is 61.3 Å². The average Bonchev–Trinajstić information content (AvgIpc) is 3.41. The number of hydrogen-bond acceptors (Lipinski definition) is 5. The molecule has 0 saturated heterocycles. The summed E-state index contributed by atoms with van der Waals surface area (Å²) in [5, 5.41) is 0.704. The third-order valence-electron chi connectivity index (χ3n) is 5.61. The highest BCUT2D eigenvalue weighted by atomic mass is 35.5. The van der Waals surface area contributed by atoms with Gasteiger partial charge in [-0.1, -0.05) is 35.9 Å². The van der Waals surface area contributed by atoms with Crippen LogP contribution in [0.5, 0.6) is 11.5 Å². The van der Waals surface area contributed by atoms with Crippen molar-refractivity contribution in [2.24, 2.45) is 0 Å². The molecule has 0 bridgehead atoms. The van der Waals surface area contributed by atoms with Gasteiger partial charge in [-0.05, 0) is 42.2 Å². The zero-order chi connectivity index (χ0) is 19.8. The van der Waals surface area contributed by atoms with E-state index in [-0.39, 0.29) is 19.0 Å². The molecule has 6 heteroatoms. The van der Waals surface area contributed by atoms with Gasteiger partial charge in [0.2, 0.25) is 6.79 Å². The fraction of sp³-hybridized carbons (Fsp3) is 0.261. The number of fused-ring (bicyclic) bond motifs is 1. The van der Waals surface area contributed by atoms with Crippen molar-refractivity contribution in [3.63, 3.8) is 0 Å². The van der Waals surface area contributed by atoms with Crippen LogP contribution in [0.1, 0.15) is 35.4 Å². The maximum atomic E-state index is 13.2. The van der Waals surface area contributed by atoms with E-state index in [0.717, 1.165) is 35.4 Å². The number of Topliss-reactive ketones (excluding diaryl/α,β-unsaturated/α-hetero) is 1. The van der Waals surface area contributed by atoms with E-state index in [2.05, 4.69) is 9.97 Å². The maximum absolute atomic E-state index is 13.2. The smallest absolute Gasteiger partial charge is 0.231 e. The molecular formula is C23H19ClN2O3. The number of halogens is 1. The molecule has 3 aromatic rings. The normalized spacial score (nSPS) is 15.9. The Morgan fingerprint density at radius 2 is 1.83 bits per heavy atom. The highest BCUT2D eigenvalue weighted by molar-refractivity contribution is 6.31. The van der Waals surface area contributed by atoms with Crippen LogP contribution < -0.4 is 9.47 Å². The molecule has 0 N–H and O–H groups in total. The van der Waals surface area contributed by atoms with Gasteiger partial charge in [-0.15, -0.1) is 0 Å². The Morgan fingerprint density at radius 3 is 2.66 bits per heavy atom. The van der Waals surface area contributed by atoms with E-state index in [9.17, 15) is 4.79 Å². The van der Waals surface area contributed by atoms with E-state index < -0.39 is 5.41 Å². The molecule has 0 radical (unpaired) electrons. The van der Waals surface area contributed by atoms with Gasteiger partial charge in [0.25, 0.3) is 0 Å². The molecule has 29 heavy (non-hydrogen) atoms. The van der Waals surface area contributed by atoms with Crippen molar-refractivity contribution in [1.82, 2.24) is 9.97 Å². The van der Waals surface area contributed by atoms with E-state index >= 15 is 0 Å². The van der Waals surface area contributed by atoms with Crippen molar-refractivity contribution >= 4 is 17.4 Å². The Labute approximate surface area is 173 Å². The number of carbonyl (C=O) groups is 1. The van der Waals surface area contributed by atoms with E-state index in [4.69, 9.17) is 21.1 Å². The minimum atomic E-state index is -0.443. The first kappa shape index (κ1) is 18.1. The van der Waals surface area contributed by atoms with Crippen LogP contribution in [0.3, 0.4) is 0 Å². The summed E-state index contributed by atoms with van der Waals surface area (Å²) in [6, 6.07) is 13.5. The minimum Gasteiger partial charge on any atom is -0.454 e. The molecule has 2 heterocycles. The molecule has 5 rings (SSSR count). The second-order valence-corrected chi connectivity index (χ2v) is 7.93. The van der Waals surface area contributed by atoms with Gasteiger partial charge in [0, 0.05) is 23.8 Å². The fourth-order valence-corrected chi connectivity index (χ4v) is 4.04. The van der Waals surface area contributed by atoms with Gasteiger partial charge in [0.1, 0.15) is 5.78 Å². The van der Waals surface area contributed by atoms with Crippen LogP contribution in [0.15, 0.2) is 54.9 Å². The van der Waals surface area contributed by atoms with Crippen molar-refractivity contribution < 1.29 is 14.3 Å². The van der Waals surface area contributed by atoms with E-state index in [1.54, 1.807) is 12.4 Å². The van der Waals surface area contributed by atoms with Crippen LogP contribution >= 0.6 is 11.6 Å². The van der Waals surface area contributed by atoms with Crippen LogP contribution in [0.25, 0.3) is 0 Å². The van der Waals surface area contributed by atoms with Gasteiger partial charge < -0.3 is 9.47 Å². The van der Waals surface area contributed by atoms with Crippen LogP contribution in [-0.2, 0) is 23.1 Å². The molecule has 1 aliphatic carbocycles. The number of hydrogen-bond donors (Lipinski definition) is 0. The Balaban J connectivity index is 1.34. The standard InChI is InChI=1S/C23H19ClN2O3/c24-19-4-2-1-3-15(19)9-17-12-25-13-18(26-17)11-22(27)23(7-8-23)16-5-6-20-21(10-16)29-14-28-20/h1-6,10,12-13H,7-9,11,14H2.